The summed E-state index contributed by atoms with van der Waals surface area (Å²) < 4.78 is 42.6. The maximum absolute atomic E-state index is 12.4. The van der Waals surface area contributed by atoms with Gasteiger partial charge in [0.2, 0.25) is 0 Å². The summed E-state index contributed by atoms with van der Waals surface area (Å²) >= 11 is 0. The Morgan fingerprint density at radius 2 is 2.11 bits per heavy atom. The van der Waals surface area contributed by atoms with Crippen molar-refractivity contribution >= 4 is 6.08 Å². The Balaban J connectivity index is 2.51. The highest BCUT2D eigenvalue weighted by atomic mass is 19.4. The van der Waals surface area contributed by atoms with Gasteiger partial charge in [-0.2, -0.15) is 5.10 Å². The van der Waals surface area contributed by atoms with Crippen LogP contribution in [0, 0.1) is 0 Å². The molecule has 3 nitrogen and oxygen atoms in total. The number of ether oxygens (including phenoxy) is 1. The fraction of sp³-hybridized carbons (Fsp3) is 0.154. The van der Waals surface area contributed by atoms with Crippen molar-refractivity contribution in [2.75, 3.05) is 0 Å². The number of alkyl halides is 3. The molecule has 0 saturated heterocycles. The van der Waals surface area contributed by atoms with E-state index in [9.17, 15) is 13.2 Å². The average Bonchev–Trinajstić information content (AvgIpc) is 2.74. The molecule has 0 spiro atoms. The van der Waals surface area contributed by atoms with Gasteiger partial charge in [-0.1, -0.05) is 18.7 Å². The van der Waals surface area contributed by atoms with Crippen LogP contribution in [0.3, 0.4) is 0 Å². The lowest BCUT2D eigenvalue weighted by atomic mass is 10.0. The number of halogens is 3. The monoisotopic (exact) mass is 268 g/mol. The molecule has 100 valence electrons. The summed E-state index contributed by atoms with van der Waals surface area (Å²) in [6, 6.07) is 4.35. The number of nitrogens with zero attached hydrogens (tertiary/aromatic N) is 2. The Kier molecular flexibility index (Phi) is 3.33. The number of hydrogen-bond acceptors (Lipinski definition) is 2. The Labute approximate surface area is 107 Å². The quantitative estimate of drug-likeness (QED) is 0.850. The lowest BCUT2D eigenvalue weighted by Gasteiger charge is -2.13. The molecule has 0 aliphatic rings. The van der Waals surface area contributed by atoms with Crippen LogP contribution in [0.1, 0.15) is 5.56 Å². The van der Waals surface area contributed by atoms with Gasteiger partial charge in [-0.3, -0.25) is 4.68 Å². The highest BCUT2D eigenvalue weighted by Crippen LogP contribution is 2.34. The highest BCUT2D eigenvalue weighted by Gasteiger charge is 2.32. The molecular formula is C13H11F3N2O. The number of aromatic nitrogens is 2. The summed E-state index contributed by atoms with van der Waals surface area (Å²) in [5.74, 6) is -0.258. The van der Waals surface area contributed by atoms with Gasteiger partial charge >= 0.3 is 6.36 Å². The van der Waals surface area contributed by atoms with Crippen LogP contribution < -0.4 is 4.74 Å². The van der Waals surface area contributed by atoms with E-state index in [2.05, 4.69) is 16.4 Å². The van der Waals surface area contributed by atoms with E-state index >= 15 is 0 Å². The van der Waals surface area contributed by atoms with E-state index in [0.717, 1.165) is 0 Å². The summed E-state index contributed by atoms with van der Waals surface area (Å²) in [4.78, 5) is 0. The fourth-order valence-corrected chi connectivity index (χ4v) is 1.67. The third kappa shape index (κ3) is 3.15. The number of hydrogen-bond donors (Lipinski definition) is 0. The van der Waals surface area contributed by atoms with Gasteiger partial charge < -0.3 is 4.74 Å². The molecule has 0 aliphatic heterocycles. The van der Waals surface area contributed by atoms with Crippen LogP contribution in [0.5, 0.6) is 5.75 Å². The van der Waals surface area contributed by atoms with Gasteiger partial charge in [-0.15, -0.1) is 13.2 Å². The van der Waals surface area contributed by atoms with Crippen molar-refractivity contribution in [1.82, 2.24) is 9.78 Å². The van der Waals surface area contributed by atoms with Gasteiger partial charge in [0, 0.05) is 24.4 Å². The van der Waals surface area contributed by atoms with Gasteiger partial charge in [0.1, 0.15) is 5.75 Å². The molecule has 0 saturated carbocycles. The zero-order chi connectivity index (χ0) is 14.0. The molecule has 0 radical (unpaired) electrons. The molecule has 0 bridgehead atoms. The molecule has 19 heavy (non-hydrogen) atoms. The topological polar surface area (TPSA) is 27.1 Å². The minimum absolute atomic E-state index is 0.258. The van der Waals surface area contributed by atoms with Crippen molar-refractivity contribution in [3.05, 3.63) is 42.7 Å². The first-order valence-electron chi connectivity index (χ1n) is 5.40. The fourth-order valence-electron chi connectivity index (χ4n) is 1.67. The average molecular weight is 268 g/mol. The molecule has 0 fully saturated rings. The smallest absolute Gasteiger partial charge is 0.405 e. The lowest BCUT2D eigenvalue weighted by molar-refractivity contribution is -0.274. The summed E-state index contributed by atoms with van der Waals surface area (Å²) in [6.45, 7) is 3.59. The molecule has 1 aromatic carbocycles. The summed E-state index contributed by atoms with van der Waals surface area (Å²) in [7, 11) is 1.69. The molecule has 0 N–H and O–H groups in total. The van der Waals surface area contributed by atoms with E-state index in [1.807, 2.05) is 0 Å². The second-order valence-electron chi connectivity index (χ2n) is 3.91. The first-order chi connectivity index (χ1) is 8.89. The van der Waals surface area contributed by atoms with E-state index in [1.54, 1.807) is 25.4 Å². The van der Waals surface area contributed by atoms with Crippen molar-refractivity contribution in [2.45, 2.75) is 6.36 Å². The van der Waals surface area contributed by atoms with E-state index in [-0.39, 0.29) is 5.75 Å². The van der Waals surface area contributed by atoms with E-state index in [4.69, 9.17) is 0 Å². The van der Waals surface area contributed by atoms with Gasteiger partial charge in [0.15, 0.2) is 0 Å². The van der Waals surface area contributed by atoms with Gasteiger partial charge in [0.25, 0.3) is 0 Å². The van der Waals surface area contributed by atoms with E-state index in [0.29, 0.717) is 16.7 Å². The van der Waals surface area contributed by atoms with Crippen LogP contribution in [0.15, 0.2) is 37.2 Å². The third-order valence-corrected chi connectivity index (χ3v) is 2.48. The van der Waals surface area contributed by atoms with Crippen molar-refractivity contribution in [1.29, 1.82) is 0 Å². The Morgan fingerprint density at radius 1 is 1.37 bits per heavy atom. The van der Waals surface area contributed by atoms with Crippen LogP contribution in [0.2, 0.25) is 0 Å². The maximum Gasteiger partial charge on any atom is 0.573 e. The molecule has 0 unspecified atom stereocenters. The van der Waals surface area contributed by atoms with Crippen LogP contribution in [0.4, 0.5) is 13.2 Å². The second kappa shape index (κ2) is 4.79. The molecular weight excluding hydrogens is 257 g/mol. The van der Waals surface area contributed by atoms with Crippen molar-refractivity contribution < 1.29 is 17.9 Å². The number of benzene rings is 1. The molecule has 2 rings (SSSR count). The zero-order valence-corrected chi connectivity index (χ0v) is 10.1. The highest BCUT2D eigenvalue weighted by molar-refractivity contribution is 5.72. The molecule has 2 aromatic rings. The number of aryl methyl sites for hydroxylation is 1. The molecule has 0 atom stereocenters. The second-order valence-corrected chi connectivity index (χ2v) is 3.91. The molecule has 6 heteroatoms. The largest absolute Gasteiger partial charge is 0.573 e. The van der Waals surface area contributed by atoms with E-state index < -0.39 is 6.36 Å². The summed E-state index contributed by atoms with van der Waals surface area (Å²) in [6.07, 6.45) is -0.0826. The first kappa shape index (κ1) is 13.2. The Morgan fingerprint density at radius 3 is 2.63 bits per heavy atom. The SMILES string of the molecule is C=Cc1ccc(OC(F)(F)F)c(-c2cnn(C)c2)c1. The normalized spacial score (nSPS) is 11.4. The first-order valence-corrected chi connectivity index (χ1v) is 5.40. The molecule has 1 heterocycles. The predicted molar refractivity (Wildman–Crippen MR) is 65.4 cm³/mol. The van der Waals surface area contributed by atoms with Crippen molar-refractivity contribution in [3.63, 3.8) is 0 Å². The Bertz CT molecular complexity index is 602. The van der Waals surface area contributed by atoms with Gasteiger partial charge in [-0.25, -0.2) is 0 Å². The molecule has 0 aliphatic carbocycles. The van der Waals surface area contributed by atoms with Gasteiger partial charge in [-0.05, 0) is 17.7 Å². The van der Waals surface area contributed by atoms with E-state index in [1.165, 1.54) is 23.0 Å². The van der Waals surface area contributed by atoms with Crippen molar-refractivity contribution in [2.24, 2.45) is 7.05 Å². The van der Waals surface area contributed by atoms with Crippen LogP contribution in [-0.2, 0) is 7.05 Å². The molecule has 0 amide bonds. The lowest BCUT2D eigenvalue weighted by Crippen LogP contribution is -2.17. The summed E-state index contributed by atoms with van der Waals surface area (Å²) in [5.41, 5.74) is 1.57. The minimum Gasteiger partial charge on any atom is -0.405 e. The van der Waals surface area contributed by atoms with Crippen LogP contribution >= 0.6 is 0 Å². The third-order valence-electron chi connectivity index (χ3n) is 2.48. The Hall–Kier alpha value is -2.24. The van der Waals surface area contributed by atoms with Crippen LogP contribution in [0.25, 0.3) is 17.2 Å². The minimum atomic E-state index is -4.73. The maximum atomic E-state index is 12.4. The summed E-state index contributed by atoms with van der Waals surface area (Å²) in [5, 5.41) is 3.94. The van der Waals surface area contributed by atoms with Crippen LogP contribution in [-0.4, -0.2) is 16.1 Å². The zero-order valence-electron chi connectivity index (χ0n) is 10.1. The standard InChI is InChI=1S/C13H11F3N2O/c1-3-9-4-5-12(19-13(14,15)16)11(6-9)10-7-17-18(2)8-10/h3-8H,1H2,2H3. The van der Waals surface area contributed by atoms with Crippen molar-refractivity contribution in [3.8, 4) is 16.9 Å². The predicted octanol–water partition coefficient (Wildman–Crippen LogP) is 3.63. The van der Waals surface area contributed by atoms with Gasteiger partial charge in [0.05, 0.1) is 6.20 Å². The number of rotatable bonds is 3. The molecule has 1 aromatic heterocycles.